The van der Waals surface area contributed by atoms with Gasteiger partial charge in [-0.2, -0.15) is 8.42 Å². The Morgan fingerprint density at radius 2 is 1.34 bits per heavy atom. The third-order valence-electron chi connectivity index (χ3n) is 4.43. The van der Waals surface area contributed by atoms with Crippen LogP contribution in [0.3, 0.4) is 0 Å². The normalized spacial score (nSPS) is 13.8. The van der Waals surface area contributed by atoms with E-state index in [1.165, 1.54) is 24.3 Å². The van der Waals surface area contributed by atoms with Crippen molar-refractivity contribution in [3.05, 3.63) is 91.4 Å². The average Bonchev–Trinajstić information content (AvgIpc) is 2.67. The number of phenols is 2. The van der Waals surface area contributed by atoms with Crippen LogP contribution in [0.4, 0.5) is 0 Å². The standard InChI is InChI=1S/C19H12Cl4O5S/c20-13-7-6-11(8-14(13)24)19(29(26,27)28,10-4-2-1-3-5-10)12-9-15(25)17(22)18(23)16(12)21/h1-9,24-25H,(H,26,27,28). The summed E-state index contributed by atoms with van der Waals surface area (Å²) in [6.07, 6.45) is 0. The lowest BCUT2D eigenvalue weighted by Crippen LogP contribution is -2.38. The first-order chi connectivity index (χ1) is 13.5. The number of hydrogen-bond donors (Lipinski definition) is 3. The first-order valence-electron chi connectivity index (χ1n) is 7.90. The van der Waals surface area contributed by atoms with Gasteiger partial charge in [-0.15, -0.1) is 0 Å². The van der Waals surface area contributed by atoms with Crippen LogP contribution in [-0.4, -0.2) is 23.2 Å². The van der Waals surface area contributed by atoms with Gasteiger partial charge >= 0.3 is 0 Å². The van der Waals surface area contributed by atoms with Crippen molar-refractivity contribution in [3.8, 4) is 11.5 Å². The van der Waals surface area contributed by atoms with Crippen molar-refractivity contribution < 1.29 is 23.2 Å². The van der Waals surface area contributed by atoms with Crippen molar-refractivity contribution in [2.24, 2.45) is 0 Å². The minimum Gasteiger partial charge on any atom is -0.506 e. The van der Waals surface area contributed by atoms with Gasteiger partial charge in [0.05, 0.1) is 15.1 Å². The van der Waals surface area contributed by atoms with Gasteiger partial charge in [0.25, 0.3) is 10.1 Å². The van der Waals surface area contributed by atoms with Crippen LogP contribution in [0.25, 0.3) is 0 Å². The van der Waals surface area contributed by atoms with Crippen molar-refractivity contribution in [2.75, 3.05) is 0 Å². The highest BCUT2D eigenvalue weighted by atomic mass is 35.5. The van der Waals surface area contributed by atoms with Crippen molar-refractivity contribution in [1.29, 1.82) is 0 Å². The van der Waals surface area contributed by atoms with E-state index in [0.717, 1.165) is 12.1 Å². The molecule has 3 N–H and O–H groups in total. The highest BCUT2D eigenvalue weighted by Crippen LogP contribution is 2.51. The SMILES string of the molecule is O=S(=O)(O)C(c1ccccc1)(c1ccc(Cl)c(O)c1)c1cc(O)c(Cl)c(Cl)c1Cl. The zero-order valence-electron chi connectivity index (χ0n) is 14.3. The summed E-state index contributed by atoms with van der Waals surface area (Å²) >= 11 is 24.2. The molecule has 3 aromatic rings. The van der Waals surface area contributed by atoms with Gasteiger partial charge in [-0.25, -0.2) is 0 Å². The Labute approximate surface area is 186 Å². The average molecular weight is 494 g/mol. The predicted octanol–water partition coefficient (Wildman–Crippen LogP) is 5.89. The number of rotatable bonds is 4. The predicted molar refractivity (Wildman–Crippen MR) is 114 cm³/mol. The molecular weight excluding hydrogens is 482 g/mol. The number of hydrogen-bond acceptors (Lipinski definition) is 4. The number of phenolic OH excluding ortho intramolecular Hbond substituents is 2. The fourth-order valence-corrected chi connectivity index (χ4v) is 5.32. The maximum atomic E-state index is 12.9. The van der Waals surface area contributed by atoms with E-state index in [9.17, 15) is 23.2 Å². The van der Waals surface area contributed by atoms with Crippen LogP contribution in [0.15, 0.2) is 54.6 Å². The monoisotopic (exact) mass is 492 g/mol. The van der Waals surface area contributed by atoms with Crippen LogP contribution >= 0.6 is 46.4 Å². The second-order valence-corrected chi connectivity index (χ2v) is 9.18. The van der Waals surface area contributed by atoms with Crippen LogP contribution < -0.4 is 0 Å². The molecule has 0 fully saturated rings. The molecule has 0 aliphatic heterocycles. The van der Waals surface area contributed by atoms with Crippen molar-refractivity contribution in [3.63, 3.8) is 0 Å². The lowest BCUT2D eigenvalue weighted by molar-refractivity contribution is 0.455. The molecule has 0 aromatic heterocycles. The van der Waals surface area contributed by atoms with Gasteiger partial charge in [-0.05, 0) is 29.3 Å². The first kappa shape index (κ1) is 22.0. The lowest BCUT2D eigenvalue weighted by atomic mass is 9.83. The van der Waals surface area contributed by atoms with E-state index in [1.54, 1.807) is 18.2 Å². The van der Waals surface area contributed by atoms with Crippen LogP contribution in [0.1, 0.15) is 16.7 Å². The fraction of sp³-hybridized carbons (Fsp3) is 0.0526. The molecule has 0 spiro atoms. The molecule has 0 radical (unpaired) electrons. The molecule has 3 aromatic carbocycles. The molecular formula is C19H12Cl4O5S. The third kappa shape index (κ3) is 3.54. The topological polar surface area (TPSA) is 94.8 Å². The summed E-state index contributed by atoms with van der Waals surface area (Å²) in [7, 11) is -5.04. The van der Waals surface area contributed by atoms with E-state index in [4.69, 9.17) is 46.4 Å². The molecule has 1 atom stereocenters. The molecule has 0 saturated carbocycles. The molecule has 0 bridgehead atoms. The molecule has 29 heavy (non-hydrogen) atoms. The second kappa shape index (κ2) is 7.87. The smallest absolute Gasteiger partial charge is 0.283 e. The van der Waals surface area contributed by atoms with E-state index in [2.05, 4.69) is 0 Å². The van der Waals surface area contributed by atoms with E-state index in [0.29, 0.717) is 0 Å². The highest BCUT2D eigenvalue weighted by molar-refractivity contribution is 7.87. The summed E-state index contributed by atoms with van der Waals surface area (Å²) in [6.45, 7) is 0. The van der Waals surface area contributed by atoms with E-state index in [-0.39, 0.29) is 36.8 Å². The van der Waals surface area contributed by atoms with Crippen LogP contribution in [-0.2, 0) is 14.9 Å². The second-order valence-electron chi connectivity index (χ2n) is 6.07. The largest absolute Gasteiger partial charge is 0.506 e. The number of halogens is 4. The van der Waals surface area contributed by atoms with Crippen LogP contribution in [0.5, 0.6) is 11.5 Å². The zero-order chi connectivity index (χ0) is 21.6. The Morgan fingerprint density at radius 3 is 1.90 bits per heavy atom. The Bertz CT molecular complexity index is 1200. The number of aromatic hydroxyl groups is 2. The van der Waals surface area contributed by atoms with Gasteiger partial charge in [0.15, 0.2) is 4.75 Å². The Hall–Kier alpha value is -1.67. The van der Waals surface area contributed by atoms with E-state index in [1.807, 2.05) is 0 Å². The van der Waals surface area contributed by atoms with E-state index >= 15 is 0 Å². The molecule has 0 amide bonds. The summed E-state index contributed by atoms with van der Waals surface area (Å²) in [5.74, 6) is -0.966. The summed E-state index contributed by atoms with van der Waals surface area (Å²) in [6, 6.07) is 12.3. The van der Waals surface area contributed by atoms with E-state index < -0.39 is 26.4 Å². The third-order valence-corrected chi connectivity index (χ3v) is 7.56. The van der Waals surface area contributed by atoms with Gasteiger partial charge in [0.1, 0.15) is 16.5 Å². The van der Waals surface area contributed by atoms with Gasteiger partial charge in [0, 0.05) is 5.56 Å². The summed E-state index contributed by atoms with van der Waals surface area (Å²) in [5.41, 5.74) is -0.279. The van der Waals surface area contributed by atoms with Crippen LogP contribution in [0, 0.1) is 0 Å². The summed E-state index contributed by atoms with van der Waals surface area (Å²) < 4.78 is 34.0. The van der Waals surface area contributed by atoms with Gasteiger partial charge in [0.2, 0.25) is 0 Å². The highest BCUT2D eigenvalue weighted by Gasteiger charge is 2.50. The van der Waals surface area contributed by atoms with Gasteiger partial charge in [-0.3, -0.25) is 4.55 Å². The Kier molecular flexibility index (Phi) is 5.98. The minimum atomic E-state index is -5.04. The molecule has 0 heterocycles. The lowest BCUT2D eigenvalue weighted by Gasteiger charge is -2.33. The fourth-order valence-electron chi connectivity index (χ4n) is 3.17. The quantitative estimate of drug-likeness (QED) is 0.239. The first-order valence-corrected chi connectivity index (χ1v) is 10.9. The molecule has 10 heteroatoms. The molecule has 5 nitrogen and oxygen atoms in total. The van der Waals surface area contributed by atoms with Crippen molar-refractivity contribution in [1.82, 2.24) is 0 Å². The van der Waals surface area contributed by atoms with Gasteiger partial charge in [-0.1, -0.05) is 82.8 Å². The molecule has 152 valence electrons. The number of benzene rings is 3. The van der Waals surface area contributed by atoms with Crippen LogP contribution in [0.2, 0.25) is 20.1 Å². The zero-order valence-corrected chi connectivity index (χ0v) is 18.1. The minimum absolute atomic E-state index is 0.0332. The van der Waals surface area contributed by atoms with Crippen molar-refractivity contribution >= 4 is 56.5 Å². The van der Waals surface area contributed by atoms with Gasteiger partial charge < -0.3 is 10.2 Å². The molecule has 0 saturated heterocycles. The Morgan fingerprint density at radius 1 is 0.724 bits per heavy atom. The maximum Gasteiger partial charge on any atom is 0.283 e. The maximum absolute atomic E-state index is 12.9. The molecule has 0 aliphatic rings. The summed E-state index contributed by atoms with van der Waals surface area (Å²) in [5, 5.41) is 19.4. The Balaban J connectivity index is 2.60. The molecule has 3 rings (SSSR count). The summed E-state index contributed by atoms with van der Waals surface area (Å²) in [4.78, 5) is 0. The van der Waals surface area contributed by atoms with Crippen molar-refractivity contribution in [2.45, 2.75) is 4.75 Å². The molecule has 0 aliphatic carbocycles. The molecule has 1 unspecified atom stereocenters.